The van der Waals surface area contributed by atoms with E-state index in [0.717, 1.165) is 9.13 Å². The Labute approximate surface area is 154 Å². The number of ether oxygens (including phenoxy) is 1. The summed E-state index contributed by atoms with van der Waals surface area (Å²) in [7, 11) is -3.71. The van der Waals surface area contributed by atoms with Gasteiger partial charge in [-0.3, -0.25) is 0 Å². The molecule has 3 aromatic rings. The first-order valence-electron chi connectivity index (χ1n) is 7.45. The number of fused-ring (bicyclic) bond motifs is 1. The Morgan fingerprint density at radius 3 is 2.46 bits per heavy atom. The lowest BCUT2D eigenvalue weighted by Crippen LogP contribution is -2.12. The standard InChI is InChI=1S/C17H17IN2O3S/c1-11(2)23-15-8-9-19-17-16(15)14(18)10-20(17)24(21,22)13-6-4-12(3)5-7-13/h4-11H,1-3H3. The summed E-state index contributed by atoms with van der Waals surface area (Å²) in [6, 6.07) is 8.54. The summed E-state index contributed by atoms with van der Waals surface area (Å²) >= 11 is 2.11. The molecule has 3 rings (SSSR count). The predicted molar refractivity (Wildman–Crippen MR) is 102 cm³/mol. The fraction of sp³-hybridized carbons (Fsp3) is 0.235. The Bertz CT molecular complexity index is 993. The zero-order valence-corrected chi connectivity index (χ0v) is 16.5. The van der Waals surface area contributed by atoms with Crippen molar-refractivity contribution in [3.8, 4) is 5.75 Å². The van der Waals surface area contributed by atoms with Gasteiger partial charge < -0.3 is 4.74 Å². The number of pyridine rings is 1. The molecule has 0 bridgehead atoms. The second-order valence-corrected chi connectivity index (χ2v) is 8.74. The van der Waals surface area contributed by atoms with Crippen molar-refractivity contribution in [2.75, 3.05) is 0 Å². The molecule has 0 fully saturated rings. The molecule has 1 aromatic carbocycles. The molecule has 0 radical (unpaired) electrons. The first kappa shape index (κ1) is 17.2. The fourth-order valence-electron chi connectivity index (χ4n) is 2.41. The Morgan fingerprint density at radius 2 is 1.83 bits per heavy atom. The van der Waals surface area contributed by atoms with E-state index in [0.29, 0.717) is 16.8 Å². The molecule has 2 aromatic heterocycles. The van der Waals surface area contributed by atoms with Crippen LogP contribution in [0.2, 0.25) is 0 Å². The molecule has 0 aliphatic heterocycles. The third-order valence-electron chi connectivity index (χ3n) is 3.51. The van der Waals surface area contributed by atoms with Gasteiger partial charge in [0.25, 0.3) is 10.0 Å². The van der Waals surface area contributed by atoms with Gasteiger partial charge in [0.05, 0.1) is 16.4 Å². The fourth-order valence-corrected chi connectivity index (χ4v) is 4.71. The average Bonchev–Trinajstić information content (AvgIpc) is 2.86. The molecule has 0 unspecified atom stereocenters. The van der Waals surface area contributed by atoms with Crippen LogP contribution in [0.1, 0.15) is 19.4 Å². The van der Waals surface area contributed by atoms with Crippen LogP contribution in [0.4, 0.5) is 0 Å². The van der Waals surface area contributed by atoms with Gasteiger partial charge >= 0.3 is 0 Å². The van der Waals surface area contributed by atoms with E-state index < -0.39 is 10.0 Å². The van der Waals surface area contributed by atoms with Crippen LogP contribution < -0.4 is 4.74 Å². The van der Waals surface area contributed by atoms with E-state index >= 15 is 0 Å². The minimum atomic E-state index is -3.71. The molecule has 0 saturated carbocycles. The molecule has 7 heteroatoms. The van der Waals surface area contributed by atoms with Crippen molar-refractivity contribution in [1.29, 1.82) is 0 Å². The summed E-state index contributed by atoms with van der Waals surface area (Å²) in [6.45, 7) is 5.78. The maximum atomic E-state index is 13.0. The van der Waals surface area contributed by atoms with Gasteiger partial charge in [0.1, 0.15) is 5.75 Å². The third kappa shape index (κ3) is 3.02. The van der Waals surface area contributed by atoms with E-state index in [1.165, 1.54) is 3.97 Å². The highest BCUT2D eigenvalue weighted by atomic mass is 127. The van der Waals surface area contributed by atoms with E-state index in [-0.39, 0.29) is 11.0 Å². The van der Waals surface area contributed by atoms with Crippen molar-refractivity contribution in [3.63, 3.8) is 0 Å². The number of rotatable bonds is 4. The predicted octanol–water partition coefficient (Wildman–Crippen LogP) is 3.97. The molecule has 0 atom stereocenters. The lowest BCUT2D eigenvalue weighted by atomic mass is 10.2. The lowest BCUT2D eigenvalue weighted by Gasteiger charge is -2.11. The van der Waals surface area contributed by atoms with Crippen molar-refractivity contribution in [1.82, 2.24) is 8.96 Å². The molecular weight excluding hydrogens is 439 g/mol. The number of halogens is 1. The first-order chi connectivity index (χ1) is 11.3. The zero-order valence-electron chi connectivity index (χ0n) is 13.5. The molecule has 2 heterocycles. The minimum absolute atomic E-state index is 0.0107. The lowest BCUT2D eigenvalue weighted by molar-refractivity contribution is 0.245. The molecule has 0 spiro atoms. The van der Waals surface area contributed by atoms with Gasteiger partial charge in [-0.25, -0.2) is 17.4 Å². The first-order valence-corrected chi connectivity index (χ1v) is 9.97. The molecular formula is C17H17IN2O3S. The molecule has 0 saturated heterocycles. The number of nitrogens with zero attached hydrogens (tertiary/aromatic N) is 2. The van der Waals surface area contributed by atoms with Crippen LogP contribution in [0, 0.1) is 10.5 Å². The monoisotopic (exact) mass is 456 g/mol. The molecule has 24 heavy (non-hydrogen) atoms. The zero-order chi connectivity index (χ0) is 17.5. The van der Waals surface area contributed by atoms with Crippen molar-refractivity contribution < 1.29 is 13.2 Å². The van der Waals surface area contributed by atoms with Gasteiger partial charge in [0.15, 0.2) is 5.65 Å². The van der Waals surface area contributed by atoms with Crippen molar-refractivity contribution in [2.45, 2.75) is 31.8 Å². The largest absolute Gasteiger partial charge is 0.490 e. The number of aromatic nitrogens is 2. The molecule has 5 nitrogen and oxygen atoms in total. The van der Waals surface area contributed by atoms with Crippen molar-refractivity contribution in [2.24, 2.45) is 0 Å². The van der Waals surface area contributed by atoms with Gasteiger partial charge in [-0.15, -0.1) is 0 Å². The van der Waals surface area contributed by atoms with Crippen LogP contribution in [0.3, 0.4) is 0 Å². The van der Waals surface area contributed by atoms with Crippen LogP contribution in [0.25, 0.3) is 11.0 Å². The SMILES string of the molecule is Cc1ccc(S(=O)(=O)n2cc(I)c3c(OC(C)C)ccnc32)cc1. The highest BCUT2D eigenvalue weighted by molar-refractivity contribution is 14.1. The van der Waals surface area contributed by atoms with Crippen molar-refractivity contribution >= 4 is 43.6 Å². The smallest absolute Gasteiger partial charge is 0.269 e. The van der Waals surface area contributed by atoms with E-state index in [1.807, 2.05) is 20.8 Å². The van der Waals surface area contributed by atoms with Crippen LogP contribution in [0.5, 0.6) is 5.75 Å². The highest BCUT2D eigenvalue weighted by Crippen LogP contribution is 2.33. The van der Waals surface area contributed by atoms with E-state index in [9.17, 15) is 8.42 Å². The molecule has 0 amide bonds. The van der Waals surface area contributed by atoms with Gasteiger partial charge in [-0.2, -0.15) is 0 Å². The summed E-state index contributed by atoms with van der Waals surface area (Å²) < 4.78 is 33.8. The van der Waals surface area contributed by atoms with Crippen LogP contribution in [0.15, 0.2) is 47.6 Å². The second kappa shape index (κ2) is 6.36. The quantitative estimate of drug-likeness (QED) is 0.558. The van der Waals surface area contributed by atoms with E-state index in [1.54, 1.807) is 42.7 Å². The van der Waals surface area contributed by atoms with Gasteiger partial charge in [-0.1, -0.05) is 17.7 Å². The Hall–Kier alpha value is -1.61. The molecule has 0 aliphatic rings. The molecule has 126 valence electrons. The van der Waals surface area contributed by atoms with Crippen molar-refractivity contribution in [3.05, 3.63) is 51.9 Å². The molecule has 0 aliphatic carbocycles. The maximum Gasteiger partial charge on any atom is 0.269 e. The van der Waals surface area contributed by atoms with Gasteiger partial charge in [0.2, 0.25) is 0 Å². The van der Waals surface area contributed by atoms with Crippen LogP contribution in [-0.4, -0.2) is 23.5 Å². The number of hydrogen-bond acceptors (Lipinski definition) is 4. The second-order valence-electron chi connectivity index (χ2n) is 5.77. The van der Waals surface area contributed by atoms with E-state index in [4.69, 9.17) is 4.74 Å². The number of aryl methyl sites for hydroxylation is 1. The summed E-state index contributed by atoms with van der Waals surface area (Å²) in [5.74, 6) is 0.636. The third-order valence-corrected chi connectivity index (χ3v) is 5.99. The summed E-state index contributed by atoms with van der Waals surface area (Å²) in [4.78, 5) is 4.51. The topological polar surface area (TPSA) is 61.2 Å². The van der Waals surface area contributed by atoms with Crippen LogP contribution >= 0.6 is 22.6 Å². The van der Waals surface area contributed by atoms with Gasteiger partial charge in [0, 0.05) is 16.0 Å². The maximum absolute atomic E-state index is 13.0. The summed E-state index contributed by atoms with van der Waals surface area (Å²) in [5.41, 5.74) is 1.38. The van der Waals surface area contributed by atoms with Gasteiger partial charge in [-0.05, 0) is 61.6 Å². The average molecular weight is 456 g/mol. The summed E-state index contributed by atoms with van der Waals surface area (Å²) in [6.07, 6.45) is 3.14. The molecule has 0 N–H and O–H groups in total. The highest BCUT2D eigenvalue weighted by Gasteiger charge is 2.23. The Kier molecular flexibility index (Phi) is 4.56. The Morgan fingerprint density at radius 1 is 1.17 bits per heavy atom. The van der Waals surface area contributed by atoms with E-state index in [2.05, 4.69) is 27.6 Å². The minimum Gasteiger partial charge on any atom is -0.490 e. The summed E-state index contributed by atoms with van der Waals surface area (Å²) in [5, 5.41) is 0.711. The van der Waals surface area contributed by atoms with Crippen LogP contribution in [-0.2, 0) is 10.0 Å². The normalized spacial score (nSPS) is 12.0. The number of hydrogen-bond donors (Lipinski definition) is 0. The Balaban J connectivity index is 2.22. The number of benzene rings is 1.